The Morgan fingerprint density at radius 1 is 1.24 bits per heavy atom. The minimum absolute atomic E-state index is 0.0806. The van der Waals surface area contributed by atoms with Crippen molar-refractivity contribution in [2.45, 2.75) is 25.4 Å². The summed E-state index contributed by atoms with van der Waals surface area (Å²) in [6, 6.07) is 7.45. The lowest BCUT2D eigenvalue weighted by molar-refractivity contribution is -0.124. The summed E-state index contributed by atoms with van der Waals surface area (Å²) in [5.41, 5.74) is 0.901. The van der Waals surface area contributed by atoms with E-state index in [0.717, 1.165) is 30.6 Å². The van der Waals surface area contributed by atoms with Crippen LogP contribution in [0.5, 0.6) is 11.5 Å². The molecule has 1 atom stereocenters. The van der Waals surface area contributed by atoms with E-state index < -0.39 is 6.10 Å². The molecule has 1 unspecified atom stereocenters. The molecule has 3 nitrogen and oxygen atoms in total. The molecule has 17 heavy (non-hydrogen) atoms. The molecule has 1 aliphatic heterocycles. The Morgan fingerprint density at radius 2 is 2.06 bits per heavy atom. The number of fused-ring (bicyclic) bond motifs is 1. The lowest BCUT2D eigenvalue weighted by Crippen LogP contribution is -2.37. The van der Waals surface area contributed by atoms with Crippen LogP contribution in [0.25, 0.3) is 0 Å². The molecule has 88 valence electrons. The molecule has 0 bridgehead atoms. The summed E-state index contributed by atoms with van der Waals surface area (Å²) < 4.78 is 11.2. The quantitative estimate of drug-likeness (QED) is 0.783. The van der Waals surface area contributed by atoms with E-state index in [4.69, 9.17) is 9.47 Å². The van der Waals surface area contributed by atoms with E-state index in [1.807, 2.05) is 30.3 Å². The van der Waals surface area contributed by atoms with Crippen LogP contribution in [-0.2, 0) is 4.79 Å². The van der Waals surface area contributed by atoms with E-state index in [1.165, 1.54) is 0 Å². The van der Waals surface area contributed by atoms with Gasteiger partial charge in [-0.25, -0.2) is 0 Å². The predicted molar refractivity (Wildman–Crippen MR) is 63.3 cm³/mol. The highest BCUT2D eigenvalue weighted by molar-refractivity contribution is 5.99. The van der Waals surface area contributed by atoms with Gasteiger partial charge in [0.05, 0.1) is 0 Å². The van der Waals surface area contributed by atoms with Crippen LogP contribution in [-0.4, -0.2) is 18.5 Å². The number of para-hydroxylation sites is 2. The average Bonchev–Trinajstić information content (AvgIpc) is 2.91. The molecule has 0 amide bonds. The number of hydrogen-bond donors (Lipinski definition) is 0. The fourth-order valence-corrected chi connectivity index (χ4v) is 2.25. The van der Waals surface area contributed by atoms with Gasteiger partial charge >= 0.3 is 0 Å². The number of carbonyl (C=O) groups excluding carboxylic acids is 1. The normalized spacial score (nSPS) is 22.1. The Balaban J connectivity index is 1.77. The summed E-state index contributed by atoms with van der Waals surface area (Å²) in [5, 5.41) is 0. The maximum absolute atomic E-state index is 12.1. The zero-order valence-electron chi connectivity index (χ0n) is 9.52. The van der Waals surface area contributed by atoms with Crippen LogP contribution in [0.3, 0.4) is 0 Å². The lowest BCUT2D eigenvalue weighted by atomic mass is 10.1. The maximum Gasteiger partial charge on any atom is 0.202 e. The summed E-state index contributed by atoms with van der Waals surface area (Å²) in [7, 11) is 0. The second kappa shape index (κ2) is 4.24. The van der Waals surface area contributed by atoms with Crippen molar-refractivity contribution in [2.24, 2.45) is 0 Å². The predicted octanol–water partition coefficient (Wildman–Crippen LogP) is 2.51. The Labute approximate surface area is 100 Å². The van der Waals surface area contributed by atoms with Crippen molar-refractivity contribution in [3.63, 3.8) is 0 Å². The highest BCUT2D eigenvalue weighted by Gasteiger charge is 2.29. The smallest absolute Gasteiger partial charge is 0.202 e. The van der Waals surface area contributed by atoms with Crippen LogP contribution < -0.4 is 9.47 Å². The number of allylic oxidation sites excluding steroid dienone is 1. The first-order chi connectivity index (χ1) is 8.34. The summed E-state index contributed by atoms with van der Waals surface area (Å²) in [4.78, 5) is 12.1. The fraction of sp³-hybridized carbons (Fsp3) is 0.357. The Kier molecular flexibility index (Phi) is 2.59. The van der Waals surface area contributed by atoms with Crippen LogP contribution in [0.1, 0.15) is 19.3 Å². The minimum atomic E-state index is -0.478. The second-order valence-electron chi connectivity index (χ2n) is 4.35. The highest BCUT2D eigenvalue weighted by Crippen LogP contribution is 2.32. The number of Topliss-reactive ketones (excluding diaryl/α,β-unsaturated/α-hetero) is 1. The van der Waals surface area contributed by atoms with Gasteiger partial charge in [-0.3, -0.25) is 4.79 Å². The van der Waals surface area contributed by atoms with Crippen molar-refractivity contribution in [3.8, 4) is 11.5 Å². The van der Waals surface area contributed by atoms with E-state index in [9.17, 15) is 4.79 Å². The van der Waals surface area contributed by atoms with E-state index >= 15 is 0 Å². The second-order valence-corrected chi connectivity index (χ2v) is 4.35. The molecule has 0 saturated heterocycles. The van der Waals surface area contributed by atoms with Crippen LogP contribution in [0.15, 0.2) is 35.9 Å². The third-order valence-electron chi connectivity index (χ3n) is 3.16. The van der Waals surface area contributed by atoms with Crippen molar-refractivity contribution in [3.05, 3.63) is 35.9 Å². The molecule has 0 saturated carbocycles. The number of benzene rings is 1. The zero-order valence-corrected chi connectivity index (χ0v) is 9.52. The van der Waals surface area contributed by atoms with Gasteiger partial charge in [0.25, 0.3) is 0 Å². The van der Waals surface area contributed by atoms with Gasteiger partial charge in [0.2, 0.25) is 5.78 Å². The van der Waals surface area contributed by atoms with E-state index in [-0.39, 0.29) is 5.78 Å². The average molecular weight is 230 g/mol. The molecule has 3 heteroatoms. The number of ether oxygens (including phenoxy) is 2. The van der Waals surface area contributed by atoms with Gasteiger partial charge in [0.15, 0.2) is 17.6 Å². The summed E-state index contributed by atoms with van der Waals surface area (Å²) in [6.45, 7) is 0.313. The van der Waals surface area contributed by atoms with Crippen LogP contribution in [0, 0.1) is 0 Å². The van der Waals surface area contributed by atoms with Crippen molar-refractivity contribution in [1.82, 2.24) is 0 Å². The molecular formula is C14H14O3. The molecule has 2 aliphatic rings. The first-order valence-corrected chi connectivity index (χ1v) is 5.96. The first-order valence-electron chi connectivity index (χ1n) is 5.96. The van der Waals surface area contributed by atoms with E-state index in [2.05, 4.69) is 0 Å². The highest BCUT2D eigenvalue weighted by atomic mass is 16.6. The molecule has 0 radical (unpaired) electrons. The summed E-state index contributed by atoms with van der Waals surface area (Å²) in [6.07, 6.45) is 4.50. The molecule has 3 rings (SSSR count). The monoisotopic (exact) mass is 230 g/mol. The van der Waals surface area contributed by atoms with Gasteiger partial charge in [0, 0.05) is 0 Å². The van der Waals surface area contributed by atoms with Crippen molar-refractivity contribution < 1.29 is 14.3 Å². The van der Waals surface area contributed by atoms with Crippen LogP contribution >= 0.6 is 0 Å². The molecule has 1 aromatic rings. The molecule has 1 heterocycles. The third-order valence-corrected chi connectivity index (χ3v) is 3.16. The number of rotatable bonds is 2. The Morgan fingerprint density at radius 3 is 2.82 bits per heavy atom. The largest absolute Gasteiger partial charge is 0.485 e. The van der Waals surface area contributed by atoms with Crippen molar-refractivity contribution >= 4 is 5.78 Å². The zero-order chi connectivity index (χ0) is 11.7. The van der Waals surface area contributed by atoms with E-state index in [0.29, 0.717) is 12.4 Å². The van der Waals surface area contributed by atoms with Gasteiger partial charge in [-0.05, 0) is 37.0 Å². The SMILES string of the molecule is O=C(C1=CCCC1)C1COc2ccccc2O1. The standard InChI is InChI=1S/C14H14O3/c15-14(10-5-1-2-6-10)13-9-16-11-7-3-4-8-12(11)17-13/h3-5,7-8,13H,1-2,6,9H2. The number of carbonyl (C=O) groups is 1. The van der Waals surface area contributed by atoms with Crippen LogP contribution in [0.4, 0.5) is 0 Å². The van der Waals surface area contributed by atoms with Gasteiger partial charge in [0.1, 0.15) is 6.61 Å². The van der Waals surface area contributed by atoms with Crippen LogP contribution in [0.2, 0.25) is 0 Å². The number of ketones is 1. The topological polar surface area (TPSA) is 35.5 Å². The van der Waals surface area contributed by atoms with Crippen molar-refractivity contribution in [1.29, 1.82) is 0 Å². The van der Waals surface area contributed by atoms with Gasteiger partial charge < -0.3 is 9.47 Å². The minimum Gasteiger partial charge on any atom is -0.485 e. The molecule has 0 N–H and O–H groups in total. The first kappa shape index (κ1) is 10.4. The van der Waals surface area contributed by atoms with Crippen molar-refractivity contribution in [2.75, 3.05) is 6.61 Å². The fourth-order valence-electron chi connectivity index (χ4n) is 2.25. The van der Waals surface area contributed by atoms with Gasteiger partial charge in [-0.15, -0.1) is 0 Å². The molecule has 0 aromatic heterocycles. The molecule has 0 fully saturated rings. The lowest BCUT2D eigenvalue weighted by Gasteiger charge is -2.25. The summed E-state index contributed by atoms with van der Waals surface area (Å²) >= 11 is 0. The third kappa shape index (κ3) is 1.93. The number of hydrogen-bond acceptors (Lipinski definition) is 3. The van der Waals surface area contributed by atoms with Gasteiger partial charge in [-0.2, -0.15) is 0 Å². The maximum atomic E-state index is 12.1. The summed E-state index contributed by atoms with van der Waals surface area (Å²) in [5.74, 6) is 1.46. The molecule has 0 spiro atoms. The molecular weight excluding hydrogens is 216 g/mol. The Hall–Kier alpha value is -1.77. The van der Waals surface area contributed by atoms with Gasteiger partial charge in [-0.1, -0.05) is 18.2 Å². The van der Waals surface area contributed by atoms with E-state index in [1.54, 1.807) is 0 Å². The molecule has 1 aliphatic carbocycles. The molecule has 1 aromatic carbocycles. The Bertz CT molecular complexity index is 476.